The van der Waals surface area contributed by atoms with E-state index in [-0.39, 0.29) is 5.92 Å². The van der Waals surface area contributed by atoms with Crippen molar-refractivity contribution in [2.24, 2.45) is 5.92 Å². The summed E-state index contributed by atoms with van der Waals surface area (Å²) in [5, 5.41) is 15.1. The molecule has 3 nitrogen and oxygen atoms in total. The van der Waals surface area contributed by atoms with Crippen molar-refractivity contribution >= 4 is 0 Å². The summed E-state index contributed by atoms with van der Waals surface area (Å²) in [6.07, 6.45) is 2.08. The third-order valence-corrected chi connectivity index (χ3v) is 3.68. The van der Waals surface area contributed by atoms with Crippen molar-refractivity contribution < 1.29 is 9.63 Å². The molecule has 0 amide bonds. The first-order chi connectivity index (χ1) is 8.60. The molecule has 1 aliphatic rings. The summed E-state index contributed by atoms with van der Waals surface area (Å²) in [6, 6.07) is 9.85. The third kappa shape index (κ3) is 1.75. The number of aromatic nitrogens is 1. The Kier molecular flexibility index (Phi) is 2.52. The number of hydrogen-bond acceptors (Lipinski definition) is 3. The van der Waals surface area contributed by atoms with E-state index in [4.69, 9.17) is 4.52 Å². The molecule has 0 bridgehead atoms. The van der Waals surface area contributed by atoms with Crippen LogP contribution in [-0.2, 0) is 5.60 Å². The lowest BCUT2D eigenvalue weighted by Gasteiger charge is -2.26. The van der Waals surface area contributed by atoms with Gasteiger partial charge in [-0.15, -0.1) is 0 Å². The van der Waals surface area contributed by atoms with Gasteiger partial charge in [0.15, 0.2) is 0 Å². The van der Waals surface area contributed by atoms with Crippen LogP contribution in [0.4, 0.5) is 0 Å². The molecule has 18 heavy (non-hydrogen) atoms. The van der Waals surface area contributed by atoms with E-state index in [0.717, 1.165) is 24.2 Å². The summed E-state index contributed by atoms with van der Waals surface area (Å²) in [7, 11) is 0. The van der Waals surface area contributed by atoms with E-state index in [2.05, 4.69) is 5.16 Å². The van der Waals surface area contributed by atoms with Crippen molar-refractivity contribution in [3.05, 3.63) is 52.9 Å². The lowest BCUT2D eigenvalue weighted by molar-refractivity contribution is 0.0485. The molecule has 3 rings (SSSR count). The van der Waals surface area contributed by atoms with E-state index < -0.39 is 5.60 Å². The average Bonchev–Trinajstić information content (AvgIpc) is 3.12. The Labute approximate surface area is 106 Å². The lowest BCUT2D eigenvalue weighted by Crippen LogP contribution is -2.30. The molecule has 1 atom stereocenters. The van der Waals surface area contributed by atoms with Crippen molar-refractivity contribution in [2.75, 3.05) is 0 Å². The lowest BCUT2D eigenvalue weighted by atomic mass is 9.85. The predicted octanol–water partition coefficient (Wildman–Crippen LogP) is 2.94. The summed E-state index contributed by atoms with van der Waals surface area (Å²) in [5.74, 6) is 0.987. The highest BCUT2D eigenvalue weighted by atomic mass is 16.5. The first kappa shape index (κ1) is 11.5. The summed E-state index contributed by atoms with van der Waals surface area (Å²) in [5.41, 5.74) is 1.73. The zero-order chi connectivity index (χ0) is 12.8. The summed E-state index contributed by atoms with van der Waals surface area (Å²) < 4.78 is 5.12. The Morgan fingerprint density at radius 1 is 1.22 bits per heavy atom. The fourth-order valence-electron chi connectivity index (χ4n) is 2.45. The van der Waals surface area contributed by atoms with Gasteiger partial charge in [0.05, 0.1) is 0 Å². The molecule has 3 heteroatoms. The number of benzene rings is 1. The normalized spacial score (nSPS) is 18.6. The van der Waals surface area contributed by atoms with Gasteiger partial charge in [0.2, 0.25) is 0 Å². The molecule has 1 aliphatic carbocycles. The molecular weight excluding hydrogens is 226 g/mol. The Morgan fingerprint density at radius 3 is 2.39 bits per heavy atom. The van der Waals surface area contributed by atoms with E-state index in [1.807, 2.05) is 44.2 Å². The van der Waals surface area contributed by atoms with Crippen LogP contribution in [0.5, 0.6) is 0 Å². The van der Waals surface area contributed by atoms with Crippen LogP contribution in [0.2, 0.25) is 0 Å². The minimum atomic E-state index is -0.995. The van der Waals surface area contributed by atoms with Gasteiger partial charge in [-0.2, -0.15) is 0 Å². The topological polar surface area (TPSA) is 46.3 Å². The highest BCUT2D eigenvalue weighted by Gasteiger charge is 2.48. The number of nitrogens with zero attached hydrogens (tertiary/aromatic N) is 1. The summed E-state index contributed by atoms with van der Waals surface area (Å²) in [6.45, 7) is 3.89. The number of aliphatic hydroxyl groups is 1. The van der Waals surface area contributed by atoms with Gasteiger partial charge in [0.1, 0.15) is 17.1 Å². The van der Waals surface area contributed by atoms with E-state index in [0.29, 0.717) is 5.69 Å². The van der Waals surface area contributed by atoms with Crippen LogP contribution in [0.1, 0.15) is 35.4 Å². The second-order valence-electron chi connectivity index (χ2n) is 5.23. The molecule has 0 aliphatic heterocycles. The van der Waals surface area contributed by atoms with E-state index in [1.165, 1.54) is 5.56 Å². The van der Waals surface area contributed by atoms with Crippen molar-refractivity contribution in [3.63, 3.8) is 0 Å². The van der Waals surface area contributed by atoms with Crippen LogP contribution in [-0.4, -0.2) is 10.3 Å². The minimum Gasteiger partial charge on any atom is -0.378 e. The molecule has 2 aromatic rings. The monoisotopic (exact) mass is 243 g/mol. The number of rotatable bonds is 3. The standard InChI is InChI=1S/C15H17NO2/c1-10-3-5-12(6-4-10)15(17,13-7-8-13)14-9-11(2)18-16-14/h3-6,9,13,17H,7-8H2,1-2H3. The molecular formula is C15H17NO2. The van der Waals surface area contributed by atoms with Gasteiger partial charge < -0.3 is 9.63 Å². The van der Waals surface area contributed by atoms with Crippen LogP contribution in [0.3, 0.4) is 0 Å². The predicted molar refractivity (Wildman–Crippen MR) is 68.1 cm³/mol. The molecule has 1 heterocycles. The van der Waals surface area contributed by atoms with Crippen molar-refractivity contribution in [1.82, 2.24) is 5.16 Å². The van der Waals surface area contributed by atoms with Crippen LogP contribution in [0, 0.1) is 19.8 Å². The molecule has 0 spiro atoms. The molecule has 1 N–H and O–H groups in total. The molecule has 94 valence electrons. The number of aryl methyl sites for hydroxylation is 2. The third-order valence-electron chi connectivity index (χ3n) is 3.68. The van der Waals surface area contributed by atoms with E-state index in [9.17, 15) is 5.11 Å². The fraction of sp³-hybridized carbons (Fsp3) is 0.400. The Hall–Kier alpha value is -1.61. The van der Waals surface area contributed by atoms with Crippen molar-refractivity contribution in [1.29, 1.82) is 0 Å². The van der Waals surface area contributed by atoms with Crippen LogP contribution >= 0.6 is 0 Å². The van der Waals surface area contributed by atoms with Gasteiger partial charge >= 0.3 is 0 Å². The molecule has 1 unspecified atom stereocenters. The largest absolute Gasteiger partial charge is 0.378 e. The fourth-order valence-corrected chi connectivity index (χ4v) is 2.45. The van der Waals surface area contributed by atoms with Crippen LogP contribution in [0.25, 0.3) is 0 Å². The maximum Gasteiger partial charge on any atom is 0.138 e. The highest BCUT2D eigenvalue weighted by Crippen LogP contribution is 2.49. The molecule has 1 fully saturated rings. The maximum atomic E-state index is 11.1. The highest BCUT2D eigenvalue weighted by molar-refractivity contribution is 5.36. The average molecular weight is 243 g/mol. The van der Waals surface area contributed by atoms with Gasteiger partial charge in [-0.3, -0.25) is 0 Å². The van der Waals surface area contributed by atoms with Gasteiger partial charge in [-0.25, -0.2) is 0 Å². The molecule has 0 radical (unpaired) electrons. The summed E-state index contributed by atoms with van der Waals surface area (Å²) in [4.78, 5) is 0. The van der Waals surface area contributed by atoms with Gasteiger partial charge in [-0.1, -0.05) is 35.0 Å². The minimum absolute atomic E-state index is 0.254. The van der Waals surface area contributed by atoms with E-state index >= 15 is 0 Å². The van der Waals surface area contributed by atoms with Gasteiger partial charge in [0, 0.05) is 6.07 Å². The Morgan fingerprint density at radius 2 is 1.89 bits per heavy atom. The van der Waals surface area contributed by atoms with Crippen LogP contribution < -0.4 is 0 Å². The molecule has 0 saturated heterocycles. The first-order valence-electron chi connectivity index (χ1n) is 6.34. The quantitative estimate of drug-likeness (QED) is 0.901. The maximum absolute atomic E-state index is 11.1. The second kappa shape index (κ2) is 3.95. The number of hydrogen-bond donors (Lipinski definition) is 1. The summed E-state index contributed by atoms with van der Waals surface area (Å²) >= 11 is 0. The zero-order valence-corrected chi connectivity index (χ0v) is 10.7. The van der Waals surface area contributed by atoms with Crippen molar-refractivity contribution in [3.8, 4) is 0 Å². The molecule has 1 saturated carbocycles. The van der Waals surface area contributed by atoms with Gasteiger partial charge in [0.25, 0.3) is 0 Å². The van der Waals surface area contributed by atoms with Crippen molar-refractivity contribution in [2.45, 2.75) is 32.3 Å². The molecule has 1 aromatic carbocycles. The molecule has 1 aromatic heterocycles. The second-order valence-corrected chi connectivity index (χ2v) is 5.23. The Balaban J connectivity index is 2.08. The zero-order valence-electron chi connectivity index (χ0n) is 10.7. The SMILES string of the molecule is Cc1ccc(C(O)(c2cc(C)on2)C2CC2)cc1. The first-order valence-corrected chi connectivity index (χ1v) is 6.34. The smallest absolute Gasteiger partial charge is 0.138 e. The van der Waals surface area contributed by atoms with Crippen LogP contribution in [0.15, 0.2) is 34.9 Å². The van der Waals surface area contributed by atoms with E-state index in [1.54, 1.807) is 0 Å². The Bertz CT molecular complexity index is 554. The van der Waals surface area contributed by atoms with Gasteiger partial charge in [-0.05, 0) is 38.2 Å².